The van der Waals surface area contributed by atoms with Gasteiger partial charge >= 0.3 is 0 Å². The first-order valence-corrected chi connectivity index (χ1v) is 5.11. The molecule has 14 heavy (non-hydrogen) atoms. The van der Waals surface area contributed by atoms with Crippen molar-refractivity contribution in [1.82, 2.24) is 0 Å². The molecule has 0 atom stereocenters. The highest BCUT2D eigenvalue weighted by molar-refractivity contribution is 6.34. The standard InChI is InChI=1S/C11H15BO2/c1-13-11-7-9(5-6-10(11)12)14-8-3-2-4-8/h5-8H,2-4,12H2,1H3. The smallest absolute Gasteiger partial charge is 0.144 e. The first-order chi connectivity index (χ1) is 6.79. The van der Waals surface area contributed by atoms with Gasteiger partial charge in [-0.3, -0.25) is 0 Å². The molecule has 0 radical (unpaired) electrons. The average Bonchev–Trinajstić information content (AvgIpc) is 2.14. The zero-order valence-corrected chi connectivity index (χ0v) is 8.75. The van der Waals surface area contributed by atoms with Crippen molar-refractivity contribution in [3.8, 4) is 11.5 Å². The van der Waals surface area contributed by atoms with Gasteiger partial charge in [0.1, 0.15) is 19.3 Å². The van der Waals surface area contributed by atoms with Crippen LogP contribution in [0.15, 0.2) is 18.2 Å². The lowest BCUT2D eigenvalue weighted by molar-refractivity contribution is 0.120. The summed E-state index contributed by atoms with van der Waals surface area (Å²) in [6.45, 7) is 0. The van der Waals surface area contributed by atoms with E-state index in [9.17, 15) is 0 Å². The first kappa shape index (κ1) is 9.44. The second-order valence-electron chi connectivity index (χ2n) is 3.80. The van der Waals surface area contributed by atoms with Crippen LogP contribution in [0, 0.1) is 0 Å². The van der Waals surface area contributed by atoms with Gasteiger partial charge in [0.15, 0.2) is 0 Å². The molecule has 1 fully saturated rings. The third-order valence-electron chi connectivity index (χ3n) is 2.73. The van der Waals surface area contributed by atoms with Crippen LogP contribution in [-0.2, 0) is 0 Å². The van der Waals surface area contributed by atoms with Crippen molar-refractivity contribution >= 4 is 13.3 Å². The molecule has 0 unspecified atom stereocenters. The van der Waals surface area contributed by atoms with Crippen molar-refractivity contribution < 1.29 is 9.47 Å². The average molecular weight is 190 g/mol. The molecule has 1 aromatic carbocycles. The number of rotatable bonds is 3. The fourth-order valence-corrected chi connectivity index (χ4v) is 1.55. The van der Waals surface area contributed by atoms with E-state index in [0.29, 0.717) is 6.10 Å². The minimum absolute atomic E-state index is 0.433. The van der Waals surface area contributed by atoms with Crippen LogP contribution in [-0.4, -0.2) is 21.1 Å². The zero-order valence-electron chi connectivity index (χ0n) is 8.75. The van der Waals surface area contributed by atoms with Crippen molar-refractivity contribution in [3.05, 3.63) is 18.2 Å². The Balaban J connectivity index is 2.09. The summed E-state index contributed by atoms with van der Waals surface area (Å²) < 4.78 is 11.0. The van der Waals surface area contributed by atoms with Gasteiger partial charge in [-0.2, -0.15) is 0 Å². The highest BCUT2D eigenvalue weighted by Crippen LogP contribution is 2.26. The summed E-state index contributed by atoms with van der Waals surface area (Å²) in [4.78, 5) is 0. The van der Waals surface area contributed by atoms with Gasteiger partial charge < -0.3 is 9.47 Å². The van der Waals surface area contributed by atoms with Gasteiger partial charge in [0.25, 0.3) is 0 Å². The molecular formula is C11H15BO2. The van der Waals surface area contributed by atoms with Crippen molar-refractivity contribution in [3.63, 3.8) is 0 Å². The number of hydrogen-bond donors (Lipinski definition) is 0. The molecule has 0 N–H and O–H groups in total. The van der Waals surface area contributed by atoms with Crippen LogP contribution in [0.5, 0.6) is 11.5 Å². The Kier molecular flexibility index (Phi) is 2.66. The quantitative estimate of drug-likeness (QED) is 0.659. The van der Waals surface area contributed by atoms with Crippen LogP contribution in [0.1, 0.15) is 19.3 Å². The van der Waals surface area contributed by atoms with Gasteiger partial charge in [-0.1, -0.05) is 6.07 Å². The van der Waals surface area contributed by atoms with E-state index in [0.717, 1.165) is 17.0 Å². The minimum atomic E-state index is 0.433. The van der Waals surface area contributed by atoms with Crippen LogP contribution in [0.2, 0.25) is 0 Å². The van der Waals surface area contributed by atoms with Crippen molar-refractivity contribution in [2.75, 3.05) is 7.11 Å². The highest BCUT2D eigenvalue weighted by Gasteiger charge is 2.19. The Bertz CT molecular complexity index is 321. The molecule has 0 aliphatic heterocycles. The van der Waals surface area contributed by atoms with Crippen molar-refractivity contribution in [1.29, 1.82) is 0 Å². The molecule has 0 aromatic heterocycles. The Morgan fingerprint density at radius 1 is 1.36 bits per heavy atom. The third kappa shape index (κ3) is 1.86. The van der Waals surface area contributed by atoms with Crippen LogP contribution in [0.4, 0.5) is 0 Å². The number of methoxy groups -OCH3 is 1. The van der Waals surface area contributed by atoms with Crippen molar-refractivity contribution in [2.45, 2.75) is 25.4 Å². The monoisotopic (exact) mass is 190 g/mol. The molecule has 0 spiro atoms. The largest absolute Gasteiger partial charge is 0.497 e. The van der Waals surface area contributed by atoms with Crippen LogP contribution < -0.4 is 14.9 Å². The van der Waals surface area contributed by atoms with Gasteiger partial charge in [-0.05, 0) is 30.8 Å². The Hall–Kier alpha value is -1.12. The molecule has 0 amide bonds. The molecule has 1 aliphatic rings. The zero-order chi connectivity index (χ0) is 9.97. The van der Waals surface area contributed by atoms with Gasteiger partial charge in [0, 0.05) is 6.07 Å². The molecule has 1 saturated carbocycles. The fourth-order valence-electron chi connectivity index (χ4n) is 1.55. The molecule has 0 heterocycles. The second-order valence-corrected chi connectivity index (χ2v) is 3.80. The molecule has 1 aromatic rings. The summed E-state index contributed by atoms with van der Waals surface area (Å²) in [5.41, 5.74) is 1.15. The molecule has 0 saturated heterocycles. The predicted molar refractivity (Wildman–Crippen MR) is 59.4 cm³/mol. The Morgan fingerprint density at radius 3 is 2.71 bits per heavy atom. The van der Waals surface area contributed by atoms with Crippen LogP contribution >= 0.6 is 0 Å². The summed E-state index contributed by atoms with van der Waals surface area (Å²) in [6, 6.07) is 6.01. The first-order valence-electron chi connectivity index (χ1n) is 5.11. The van der Waals surface area contributed by atoms with E-state index in [4.69, 9.17) is 9.47 Å². The van der Waals surface area contributed by atoms with Crippen molar-refractivity contribution in [2.24, 2.45) is 0 Å². The van der Waals surface area contributed by atoms with E-state index in [1.165, 1.54) is 19.3 Å². The Morgan fingerprint density at radius 2 is 2.14 bits per heavy atom. The molecule has 74 valence electrons. The SMILES string of the molecule is Bc1ccc(OC2CCC2)cc1OC. The summed E-state index contributed by atoms with van der Waals surface area (Å²) in [5, 5.41) is 0. The summed E-state index contributed by atoms with van der Waals surface area (Å²) in [7, 11) is 3.72. The van der Waals surface area contributed by atoms with E-state index in [-0.39, 0.29) is 0 Å². The summed E-state index contributed by atoms with van der Waals surface area (Å²) in [5.74, 6) is 1.83. The lowest BCUT2D eigenvalue weighted by atomic mass is 9.94. The van der Waals surface area contributed by atoms with E-state index in [1.54, 1.807) is 7.11 Å². The maximum atomic E-state index is 5.77. The lowest BCUT2D eigenvalue weighted by Gasteiger charge is -2.26. The molecule has 0 bridgehead atoms. The lowest BCUT2D eigenvalue weighted by Crippen LogP contribution is -2.24. The maximum Gasteiger partial charge on any atom is 0.144 e. The number of ether oxygens (including phenoxy) is 2. The number of benzene rings is 1. The Labute approximate surface area is 85.6 Å². The van der Waals surface area contributed by atoms with Crippen LogP contribution in [0.25, 0.3) is 0 Å². The van der Waals surface area contributed by atoms with Gasteiger partial charge in [-0.25, -0.2) is 0 Å². The molecule has 2 rings (SSSR count). The van der Waals surface area contributed by atoms with Crippen LogP contribution in [0.3, 0.4) is 0 Å². The molecule has 2 nitrogen and oxygen atoms in total. The van der Waals surface area contributed by atoms with E-state index in [2.05, 4.69) is 0 Å². The van der Waals surface area contributed by atoms with Gasteiger partial charge in [0.2, 0.25) is 0 Å². The van der Waals surface area contributed by atoms with Gasteiger partial charge in [0.05, 0.1) is 13.2 Å². The highest BCUT2D eigenvalue weighted by atomic mass is 16.5. The minimum Gasteiger partial charge on any atom is -0.497 e. The summed E-state index contributed by atoms with van der Waals surface area (Å²) >= 11 is 0. The van der Waals surface area contributed by atoms with E-state index >= 15 is 0 Å². The topological polar surface area (TPSA) is 18.5 Å². The maximum absolute atomic E-state index is 5.77. The fraction of sp³-hybridized carbons (Fsp3) is 0.455. The molecule has 3 heteroatoms. The number of hydrogen-bond acceptors (Lipinski definition) is 2. The molecule has 1 aliphatic carbocycles. The third-order valence-corrected chi connectivity index (χ3v) is 2.73. The predicted octanol–water partition coefficient (Wildman–Crippen LogP) is 0.885. The normalized spacial score (nSPS) is 16.1. The van der Waals surface area contributed by atoms with E-state index < -0.39 is 0 Å². The molecular weight excluding hydrogens is 175 g/mol. The van der Waals surface area contributed by atoms with E-state index in [1.807, 2.05) is 26.0 Å². The summed E-state index contributed by atoms with van der Waals surface area (Å²) in [6.07, 6.45) is 4.11. The second kappa shape index (κ2) is 3.95. The van der Waals surface area contributed by atoms with Gasteiger partial charge in [-0.15, -0.1) is 0 Å².